The van der Waals surface area contributed by atoms with E-state index < -0.39 is 0 Å². The van der Waals surface area contributed by atoms with E-state index in [4.69, 9.17) is 0 Å². The van der Waals surface area contributed by atoms with E-state index in [0.29, 0.717) is 5.57 Å². The zero-order valence-electron chi connectivity index (χ0n) is 9.16. The van der Waals surface area contributed by atoms with Crippen LogP contribution >= 0.6 is 0 Å². The monoisotopic (exact) mass is 208 g/mol. The molecule has 0 N–H and O–H groups in total. The molecular weight excluding hydrogens is 192 g/mol. The van der Waals surface area contributed by atoms with Crippen LogP contribution in [0.15, 0.2) is 49.6 Å². The Bertz CT molecular complexity index is 285. The third-order valence-electron chi connectivity index (χ3n) is 1.13. The molecule has 3 nitrogen and oxygen atoms in total. The van der Waals surface area contributed by atoms with E-state index >= 15 is 0 Å². The lowest BCUT2D eigenvalue weighted by atomic mass is 10.3. The number of hydrogen-bond acceptors (Lipinski definition) is 3. The number of rotatable bonds is 4. The van der Waals surface area contributed by atoms with Crippen LogP contribution in [0.5, 0.6) is 0 Å². The number of ketones is 1. The molecule has 0 saturated heterocycles. The van der Waals surface area contributed by atoms with Crippen LogP contribution < -0.4 is 0 Å². The Balaban J connectivity index is 0. The molecule has 0 aliphatic rings. The summed E-state index contributed by atoms with van der Waals surface area (Å²) in [4.78, 5) is 20.5. The van der Waals surface area contributed by atoms with Crippen molar-refractivity contribution in [2.75, 3.05) is 7.11 Å². The molecule has 0 rings (SSSR count). The molecule has 0 saturated carbocycles. The van der Waals surface area contributed by atoms with Gasteiger partial charge >= 0.3 is 5.97 Å². The Morgan fingerprint density at radius 1 is 1.27 bits per heavy atom. The first kappa shape index (κ1) is 15.6. The summed E-state index contributed by atoms with van der Waals surface area (Å²) in [7, 11) is 1.33. The van der Waals surface area contributed by atoms with Gasteiger partial charge in [0.05, 0.1) is 7.11 Å². The normalized spacial score (nSPS) is 8.40. The highest BCUT2D eigenvalue weighted by molar-refractivity contribution is 5.98. The van der Waals surface area contributed by atoms with Crippen LogP contribution in [-0.2, 0) is 14.3 Å². The standard InChI is InChI=1S/C7H8O.C5H8O2/c1-3-5-6-7(8)4-2;1-4(2)5(6)7-3/h3-6H,1-2H2;1H2,2-3H3. The number of carbonyl (C=O) groups is 2. The Labute approximate surface area is 90.4 Å². The molecule has 0 aromatic carbocycles. The molecule has 0 fully saturated rings. The van der Waals surface area contributed by atoms with Crippen LogP contribution in [0.25, 0.3) is 0 Å². The van der Waals surface area contributed by atoms with E-state index in [1.807, 2.05) is 0 Å². The van der Waals surface area contributed by atoms with E-state index in [2.05, 4.69) is 24.5 Å². The second-order valence-corrected chi connectivity index (χ2v) is 2.47. The van der Waals surface area contributed by atoms with Gasteiger partial charge in [-0.25, -0.2) is 4.79 Å². The van der Waals surface area contributed by atoms with Crippen molar-refractivity contribution in [2.24, 2.45) is 0 Å². The molecule has 0 aliphatic heterocycles. The van der Waals surface area contributed by atoms with Gasteiger partial charge < -0.3 is 4.74 Å². The van der Waals surface area contributed by atoms with Crippen molar-refractivity contribution in [2.45, 2.75) is 6.92 Å². The zero-order chi connectivity index (χ0) is 12.3. The van der Waals surface area contributed by atoms with Crippen molar-refractivity contribution in [1.29, 1.82) is 0 Å². The summed E-state index contributed by atoms with van der Waals surface area (Å²) in [6.07, 6.45) is 5.77. The fourth-order valence-corrected chi connectivity index (χ4v) is 0.405. The van der Waals surface area contributed by atoms with Gasteiger partial charge in [-0.15, -0.1) is 0 Å². The van der Waals surface area contributed by atoms with Gasteiger partial charge in [0.15, 0.2) is 5.78 Å². The maximum Gasteiger partial charge on any atom is 0.332 e. The molecule has 0 atom stereocenters. The minimum Gasteiger partial charge on any atom is -0.466 e. The fourth-order valence-electron chi connectivity index (χ4n) is 0.405. The lowest BCUT2D eigenvalue weighted by Gasteiger charge is -1.91. The highest BCUT2D eigenvalue weighted by Gasteiger charge is 1.95. The van der Waals surface area contributed by atoms with E-state index in [0.717, 1.165) is 0 Å². The van der Waals surface area contributed by atoms with Crippen LogP contribution in [0.3, 0.4) is 0 Å². The molecule has 0 aromatic rings. The number of carbonyl (C=O) groups excluding carboxylic acids is 2. The number of ether oxygens (including phenoxy) is 1. The summed E-state index contributed by atoms with van der Waals surface area (Å²) in [5.74, 6) is -0.440. The Morgan fingerprint density at radius 3 is 2.00 bits per heavy atom. The summed E-state index contributed by atoms with van der Waals surface area (Å²) in [5.41, 5.74) is 0.433. The minimum absolute atomic E-state index is 0.0927. The largest absolute Gasteiger partial charge is 0.466 e. The maximum atomic E-state index is 10.3. The van der Waals surface area contributed by atoms with Gasteiger partial charge in [-0.1, -0.05) is 31.9 Å². The molecule has 0 heterocycles. The molecule has 0 aromatic heterocycles. The van der Waals surface area contributed by atoms with Crippen LogP contribution in [0, 0.1) is 0 Å². The SMILES string of the molecule is C=C(C)C(=O)OC.C=CC=CC(=O)C=C. The predicted octanol–water partition coefficient (Wildman–Crippen LogP) is 2.22. The van der Waals surface area contributed by atoms with Gasteiger partial charge in [0, 0.05) is 5.57 Å². The van der Waals surface area contributed by atoms with Gasteiger partial charge in [-0.05, 0) is 19.1 Å². The fraction of sp³-hybridized carbons (Fsp3) is 0.167. The second-order valence-electron chi connectivity index (χ2n) is 2.47. The van der Waals surface area contributed by atoms with Gasteiger partial charge in [-0.2, -0.15) is 0 Å². The lowest BCUT2D eigenvalue weighted by Crippen LogP contribution is -1.98. The van der Waals surface area contributed by atoms with Gasteiger partial charge in [0.25, 0.3) is 0 Å². The predicted molar refractivity (Wildman–Crippen MR) is 61.4 cm³/mol. The molecule has 0 aliphatic carbocycles. The Kier molecular flexibility index (Phi) is 10.6. The zero-order valence-corrected chi connectivity index (χ0v) is 9.16. The van der Waals surface area contributed by atoms with E-state index in [-0.39, 0.29) is 11.8 Å². The lowest BCUT2D eigenvalue weighted by molar-refractivity contribution is -0.136. The molecule has 0 unspecified atom stereocenters. The smallest absolute Gasteiger partial charge is 0.332 e. The van der Waals surface area contributed by atoms with E-state index in [9.17, 15) is 9.59 Å². The van der Waals surface area contributed by atoms with Crippen molar-refractivity contribution in [3.63, 3.8) is 0 Å². The highest BCUT2D eigenvalue weighted by atomic mass is 16.5. The van der Waals surface area contributed by atoms with Crippen molar-refractivity contribution in [1.82, 2.24) is 0 Å². The third-order valence-corrected chi connectivity index (χ3v) is 1.13. The van der Waals surface area contributed by atoms with Crippen molar-refractivity contribution >= 4 is 11.8 Å². The highest BCUT2D eigenvalue weighted by Crippen LogP contribution is 1.87. The van der Waals surface area contributed by atoms with Crippen molar-refractivity contribution < 1.29 is 14.3 Å². The molecule has 82 valence electrons. The first-order valence-electron chi connectivity index (χ1n) is 4.18. The molecule has 0 bridgehead atoms. The second kappa shape index (κ2) is 10.2. The molecule has 3 heteroatoms. The average molecular weight is 208 g/mol. The van der Waals surface area contributed by atoms with Crippen molar-refractivity contribution in [3.8, 4) is 0 Å². The average Bonchev–Trinajstić information content (AvgIpc) is 2.25. The summed E-state index contributed by atoms with van der Waals surface area (Å²) in [6.45, 7) is 11.6. The van der Waals surface area contributed by atoms with Crippen LogP contribution in [0.2, 0.25) is 0 Å². The number of esters is 1. The summed E-state index contributed by atoms with van der Waals surface area (Å²) >= 11 is 0. The first-order chi connectivity index (χ1) is 6.99. The maximum absolute atomic E-state index is 10.3. The first-order valence-corrected chi connectivity index (χ1v) is 4.18. The topological polar surface area (TPSA) is 43.4 Å². The van der Waals surface area contributed by atoms with E-state index in [1.165, 1.54) is 19.3 Å². The summed E-state index contributed by atoms with van der Waals surface area (Å²) in [6, 6.07) is 0. The van der Waals surface area contributed by atoms with Crippen LogP contribution in [-0.4, -0.2) is 18.9 Å². The van der Waals surface area contributed by atoms with E-state index in [1.54, 1.807) is 19.1 Å². The number of allylic oxidation sites excluding steroid dienone is 4. The van der Waals surface area contributed by atoms with Crippen LogP contribution in [0.4, 0.5) is 0 Å². The quantitative estimate of drug-likeness (QED) is 0.404. The van der Waals surface area contributed by atoms with Gasteiger partial charge in [-0.3, -0.25) is 4.79 Å². The molecule has 15 heavy (non-hydrogen) atoms. The number of methoxy groups -OCH3 is 1. The molecule has 0 radical (unpaired) electrons. The number of hydrogen-bond donors (Lipinski definition) is 0. The van der Waals surface area contributed by atoms with Crippen LogP contribution in [0.1, 0.15) is 6.92 Å². The van der Waals surface area contributed by atoms with Gasteiger partial charge in [0.2, 0.25) is 0 Å². The Morgan fingerprint density at radius 2 is 1.80 bits per heavy atom. The molecule has 0 amide bonds. The minimum atomic E-state index is -0.347. The molecule has 0 spiro atoms. The molecular formula is C12H16O3. The third kappa shape index (κ3) is 12.1. The summed E-state index contributed by atoms with van der Waals surface area (Å²) in [5, 5.41) is 0. The van der Waals surface area contributed by atoms with Crippen molar-refractivity contribution in [3.05, 3.63) is 49.6 Å². The summed E-state index contributed by atoms with van der Waals surface area (Å²) < 4.78 is 4.27. The van der Waals surface area contributed by atoms with Gasteiger partial charge in [0.1, 0.15) is 0 Å². The Hall–Kier alpha value is -1.90.